The lowest BCUT2D eigenvalue weighted by atomic mass is 9.84. The van der Waals surface area contributed by atoms with Gasteiger partial charge < -0.3 is 4.74 Å². The summed E-state index contributed by atoms with van der Waals surface area (Å²) in [6, 6.07) is 11.7. The van der Waals surface area contributed by atoms with Gasteiger partial charge in [-0.15, -0.1) is 5.73 Å². The fraction of sp³-hybridized carbons (Fsp3) is 0.381. The molecule has 2 aromatic rings. The maximum absolute atomic E-state index is 12.9. The molecule has 1 aliphatic carbocycles. The van der Waals surface area contributed by atoms with E-state index in [9.17, 15) is 4.79 Å². The molecule has 0 aliphatic heterocycles. The molecule has 1 aliphatic rings. The number of benzene rings is 1. The first-order chi connectivity index (χ1) is 12.2. The van der Waals surface area contributed by atoms with Crippen molar-refractivity contribution in [1.29, 1.82) is 0 Å². The number of carbonyl (C=O) groups is 1. The zero-order valence-corrected chi connectivity index (χ0v) is 14.6. The molecule has 1 aromatic heterocycles. The monoisotopic (exact) mass is 336 g/mol. The maximum atomic E-state index is 12.9. The number of rotatable bonds is 5. The third-order valence-electron chi connectivity index (χ3n) is 4.89. The van der Waals surface area contributed by atoms with Gasteiger partial charge in [0.15, 0.2) is 0 Å². The number of hydrogen-bond acceptors (Lipinski definition) is 3. The normalized spacial score (nSPS) is 17.3. The summed E-state index contributed by atoms with van der Waals surface area (Å²) in [7, 11) is 0. The molecule has 0 radical (unpaired) electrons. The molecule has 4 heteroatoms. The Bertz CT molecular complexity index is 766. The van der Waals surface area contributed by atoms with Crippen molar-refractivity contribution in [3.05, 3.63) is 72.2 Å². The summed E-state index contributed by atoms with van der Waals surface area (Å²) in [5.74, 6) is -0.339. The van der Waals surface area contributed by atoms with Crippen LogP contribution in [0.15, 0.2) is 61.0 Å². The summed E-state index contributed by atoms with van der Waals surface area (Å²) in [4.78, 5) is 12.9. The van der Waals surface area contributed by atoms with Crippen molar-refractivity contribution >= 4 is 5.97 Å². The first-order valence-corrected chi connectivity index (χ1v) is 8.84. The minimum absolute atomic E-state index is 0.0454. The Morgan fingerprint density at radius 1 is 1.28 bits per heavy atom. The van der Waals surface area contributed by atoms with Crippen molar-refractivity contribution < 1.29 is 9.53 Å². The van der Waals surface area contributed by atoms with E-state index >= 15 is 0 Å². The van der Waals surface area contributed by atoms with Gasteiger partial charge in [0.05, 0.1) is 6.04 Å². The predicted octanol–water partition coefficient (Wildman–Crippen LogP) is 4.69. The van der Waals surface area contributed by atoms with Crippen LogP contribution in [0.4, 0.5) is 0 Å². The van der Waals surface area contributed by atoms with Crippen LogP contribution in [0.3, 0.4) is 0 Å². The first kappa shape index (κ1) is 17.2. The van der Waals surface area contributed by atoms with Crippen molar-refractivity contribution in [2.24, 2.45) is 0 Å². The Kier molecular flexibility index (Phi) is 5.20. The highest BCUT2D eigenvalue weighted by atomic mass is 16.6. The number of hydrogen-bond donors (Lipinski definition) is 0. The molecule has 4 nitrogen and oxygen atoms in total. The van der Waals surface area contributed by atoms with Gasteiger partial charge in [0.1, 0.15) is 11.3 Å². The van der Waals surface area contributed by atoms with Crippen LogP contribution < -0.4 is 0 Å². The highest BCUT2D eigenvalue weighted by Crippen LogP contribution is 2.33. The van der Waals surface area contributed by atoms with Crippen molar-refractivity contribution in [1.82, 2.24) is 9.78 Å². The van der Waals surface area contributed by atoms with Crippen LogP contribution in [0.5, 0.6) is 0 Å². The van der Waals surface area contributed by atoms with Gasteiger partial charge in [0.2, 0.25) is 0 Å². The van der Waals surface area contributed by atoms with Crippen LogP contribution >= 0.6 is 0 Å². The molecule has 130 valence electrons. The average Bonchev–Trinajstić information content (AvgIpc) is 3.12. The predicted molar refractivity (Wildman–Crippen MR) is 97.4 cm³/mol. The summed E-state index contributed by atoms with van der Waals surface area (Å²) in [5.41, 5.74) is 3.80. The number of esters is 1. The molecular formula is C21H24N2O2. The average molecular weight is 336 g/mol. The molecule has 3 rings (SSSR count). The lowest BCUT2D eigenvalue weighted by Crippen LogP contribution is -2.36. The molecule has 0 bridgehead atoms. The third-order valence-corrected chi connectivity index (χ3v) is 4.89. The van der Waals surface area contributed by atoms with Crippen LogP contribution in [-0.4, -0.2) is 21.4 Å². The molecule has 25 heavy (non-hydrogen) atoms. The Morgan fingerprint density at radius 3 is 2.68 bits per heavy atom. The van der Waals surface area contributed by atoms with E-state index in [-0.39, 0.29) is 12.0 Å². The van der Waals surface area contributed by atoms with E-state index in [0.717, 1.165) is 31.2 Å². The number of nitrogens with zero attached hydrogens (tertiary/aromatic N) is 2. The molecule has 1 heterocycles. The van der Waals surface area contributed by atoms with E-state index in [0.29, 0.717) is 5.69 Å². The molecule has 0 spiro atoms. The summed E-state index contributed by atoms with van der Waals surface area (Å²) >= 11 is 0. The third kappa shape index (κ3) is 3.75. The summed E-state index contributed by atoms with van der Waals surface area (Å²) in [5, 5.41) is 4.35. The molecule has 0 unspecified atom stereocenters. The largest absolute Gasteiger partial charge is 0.449 e. The van der Waals surface area contributed by atoms with Crippen molar-refractivity contribution in [2.45, 2.75) is 50.7 Å². The number of ether oxygens (including phenoxy) is 1. The van der Waals surface area contributed by atoms with Gasteiger partial charge in [-0.25, -0.2) is 4.79 Å². The molecule has 0 N–H and O–H groups in total. The molecule has 1 aromatic carbocycles. The molecule has 1 saturated carbocycles. The zero-order valence-electron chi connectivity index (χ0n) is 14.6. The number of aromatic nitrogens is 2. The van der Waals surface area contributed by atoms with Crippen LogP contribution in [0.2, 0.25) is 0 Å². The fourth-order valence-electron chi connectivity index (χ4n) is 3.51. The lowest BCUT2D eigenvalue weighted by Gasteiger charge is -2.33. The van der Waals surface area contributed by atoms with E-state index in [4.69, 9.17) is 4.74 Å². The highest BCUT2D eigenvalue weighted by molar-refractivity contribution is 5.88. The van der Waals surface area contributed by atoms with Gasteiger partial charge in [-0.3, -0.25) is 4.68 Å². The molecule has 0 saturated heterocycles. The maximum Gasteiger partial charge on any atom is 0.357 e. The van der Waals surface area contributed by atoms with E-state index < -0.39 is 5.60 Å². The van der Waals surface area contributed by atoms with Crippen LogP contribution in [0.1, 0.15) is 61.1 Å². The molecule has 0 amide bonds. The van der Waals surface area contributed by atoms with E-state index in [1.807, 2.05) is 43.3 Å². The van der Waals surface area contributed by atoms with Gasteiger partial charge in [-0.05, 0) is 44.2 Å². The fourth-order valence-corrected chi connectivity index (χ4v) is 3.51. The summed E-state index contributed by atoms with van der Waals surface area (Å²) < 4.78 is 7.66. The highest BCUT2D eigenvalue weighted by Gasteiger charge is 2.35. The van der Waals surface area contributed by atoms with E-state index in [1.54, 1.807) is 16.9 Å². The minimum atomic E-state index is -0.581. The smallest absolute Gasteiger partial charge is 0.357 e. The second kappa shape index (κ2) is 7.54. The second-order valence-corrected chi connectivity index (χ2v) is 6.61. The Hall–Kier alpha value is -2.58. The van der Waals surface area contributed by atoms with Crippen molar-refractivity contribution in [3.63, 3.8) is 0 Å². The van der Waals surface area contributed by atoms with Crippen LogP contribution in [-0.2, 0) is 4.74 Å². The molecule has 1 fully saturated rings. The first-order valence-electron chi connectivity index (χ1n) is 8.84. The molecular weight excluding hydrogens is 312 g/mol. The standard InChI is InChI=1S/C21H24N2O2/c1-3-13-21(14-8-5-9-15-21)25-20(24)19-12-16-22-23(19)17(2)18-10-6-4-7-11-18/h4,6-7,10-13,16-17H,1,5,8-9,14-15H2,2H3/t17-/m1/s1. The Morgan fingerprint density at radius 2 is 2.00 bits per heavy atom. The van der Waals surface area contributed by atoms with Gasteiger partial charge in [-0.2, -0.15) is 5.10 Å². The summed E-state index contributed by atoms with van der Waals surface area (Å²) in [6.07, 6.45) is 8.37. The SMILES string of the molecule is C=C=CC1(OC(=O)c2ccnn2[C@H](C)c2ccccc2)CCCCC1. The van der Waals surface area contributed by atoms with Crippen LogP contribution in [0.25, 0.3) is 0 Å². The van der Waals surface area contributed by atoms with Gasteiger partial charge in [0.25, 0.3) is 0 Å². The van der Waals surface area contributed by atoms with Crippen LogP contribution in [0, 0.1) is 0 Å². The summed E-state index contributed by atoms with van der Waals surface area (Å²) in [6.45, 7) is 5.69. The van der Waals surface area contributed by atoms with E-state index in [1.165, 1.54) is 6.42 Å². The lowest BCUT2D eigenvalue weighted by molar-refractivity contribution is -0.0126. The Balaban J connectivity index is 1.84. The molecule has 1 atom stereocenters. The van der Waals surface area contributed by atoms with Gasteiger partial charge in [-0.1, -0.05) is 43.3 Å². The topological polar surface area (TPSA) is 44.1 Å². The second-order valence-electron chi connectivity index (χ2n) is 6.61. The minimum Gasteiger partial charge on any atom is -0.449 e. The number of carbonyl (C=O) groups excluding carboxylic acids is 1. The van der Waals surface area contributed by atoms with Gasteiger partial charge >= 0.3 is 5.97 Å². The van der Waals surface area contributed by atoms with E-state index in [2.05, 4.69) is 17.4 Å². The Labute approximate surface area is 148 Å². The van der Waals surface area contributed by atoms with Crippen molar-refractivity contribution in [3.8, 4) is 0 Å². The van der Waals surface area contributed by atoms with Crippen molar-refractivity contribution in [2.75, 3.05) is 0 Å². The quantitative estimate of drug-likeness (QED) is 0.587. The van der Waals surface area contributed by atoms with Gasteiger partial charge in [0, 0.05) is 12.3 Å². The zero-order chi connectivity index (χ0) is 17.7.